The third kappa shape index (κ3) is 4.74. The number of rotatable bonds is 6. The number of nitrogens with one attached hydrogen (secondary N) is 2. The zero-order valence-corrected chi connectivity index (χ0v) is 15.0. The molecule has 0 aliphatic rings. The first-order chi connectivity index (χ1) is 12.5. The van der Waals surface area contributed by atoms with Crippen LogP contribution >= 0.6 is 23.1 Å². The Morgan fingerprint density at radius 3 is 2.73 bits per heavy atom. The number of nitro groups is 1. The molecule has 0 fully saturated rings. The molecule has 11 heteroatoms. The maximum Gasteiger partial charge on any atom is 0.287 e. The molecule has 0 atom stereocenters. The molecule has 0 radical (unpaired) electrons. The minimum absolute atomic E-state index is 0.0620. The van der Waals surface area contributed by atoms with Crippen LogP contribution in [0.5, 0.6) is 0 Å². The Bertz CT molecular complexity index is 945. The summed E-state index contributed by atoms with van der Waals surface area (Å²) in [6.45, 7) is 1.45. The number of carbonyl (C=O) groups is 1. The van der Waals surface area contributed by atoms with Gasteiger partial charge in [0.2, 0.25) is 11.0 Å². The van der Waals surface area contributed by atoms with Crippen LogP contribution in [-0.2, 0) is 4.79 Å². The summed E-state index contributed by atoms with van der Waals surface area (Å²) in [6.07, 6.45) is 1.20. The van der Waals surface area contributed by atoms with Crippen molar-refractivity contribution in [1.82, 2.24) is 15.2 Å². The quantitative estimate of drug-likeness (QED) is 0.484. The van der Waals surface area contributed by atoms with Gasteiger partial charge in [0.25, 0.3) is 5.69 Å². The van der Waals surface area contributed by atoms with Crippen LogP contribution in [0.15, 0.2) is 52.0 Å². The molecule has 0 saturated heterocycles. The van der Waals surface area contributed by atoms with E-state index >= 15 is 0 Å². The van der Waals surface area contributed by atoms with Crippen molar-refractivity contribution < 1.29 is 9.72 Å². The molecule has 3 aromatic rings. The second kappa shape index (κ2) is 7.89. The average Bonchev–Trinajstić information content (AvgIpc) is 3.02. The Labute approximate surface area is 156 Å². The highest BCUT2D eigenvalue weighted by atomic mass is 32.2. The van der Waals surface area contributed by atoms with E-state index < -0.39 is 4.92 Å². The van der Waals surface area contributed by atoms with Crippen molar-refractivity contribution in [1.29, 1.82) is 0 Å². The number of amides is 1. The fourth-order valence-corrected chi connectivity index (χ4v) is 3.59. The van der Waals surface area contributed by atoms with Gasteiger partial charge in [0.15, 0.2) is 4.34 Å². The lowest BCUT2D eigenvalue weighted by Gasteiger charge is -2.05. The minimum atomic E-state index is -0.497. The first-order valence-electron chi connectivity index (χ1n) is 7.26. The van der Waals surface area contributed by atoms with Gasteiger partial charge in [-0.3, -0.25) is 14.9 Å². The zero-order valence-electron chi connectivity index (χ0n) is 13.4. The summed E-state index contributed by atoms with van der Waals surface area (Å²) in [5, 5.41) is 25.8. The van der Waals surface area contributed by atoms with Gasteiger partial charge in [0, 0.05) is 24.4 Å². The summed E-state index contributed by atoms with van der Waals surface area (Å²) >= 11 is 2.59. The van der Waals surface area contributed by atoms with Crippen molar-refractivity contribution in [3.63, 3.8) is 0 Å². The molecule has 0 unspecified atom stereocenters. The molecule has 2 N–H and O–H groups in total. The fourth-order valence-electron chi connectivity index (χ4n) is 1.93. The Kier molecular flexibility index (Phi) is 5.39. The van der Waals surface area contributed by atoms with E-state index in [-0.39, 0.29) is 11.6 Å². The number of carbonyl (C=O) groups excluding carboxylic acids is 1. The predicted molar refractivity (Wildman–Crippen MR) is 99.0 cm³/mol. The van der Waals surface area contributed by atoms with E-state index in [4.69, 9.17) is 0 Å². The second-order valence-electron chi connectivity index (χ2n) is 4.97. The maximum atomic E-state index is 11.1. The Morgan fingerprint density at radius 1 is 1.23 bits per heavy atom. The van der Waals surface area contributed by atoms with E-state index in [1.54, 1.807) is 18.2 Å². The molecule has 0 saturated carbocycles. The molecular formula is C15H12N6O3S2. The standard InChI is InChI=1S/C15H12N6O3S2/c1-9(22)17-10-3-2-4-11(7-10)18-14-19-20-15(26-14)25-13-6-5-12(8-16-13)21(23)24/h2-8H,1H3,(H,17,22)(H,18,19). The van der Waals surface area contributed by atoms with Crippen LogP contribution in [0.2, 0.25) is 0 Å². The molecule has 1 amide bonds. The number of pyridine rings is 1. The lowest BCUT2D eigenvalue weighted by Crippen LogP contribution is -2.05. The largest absolute Gasteiger partial charge is 0.330 e. The Balaban J connectivity index is 1.66. The smallest absolute Gasteiger partial charge is 0.287 e. The monoisotopic (exact) mass is 388 g/mol. The lowest BCUT2D eigenvalue weighted by molar-refractivity contribution is -0.385. The highest BCUT2D eigenvalue weighted by molar-refractivity contribution is 8.01. The van der Waals surface area contributed by atoms with E-state index in [0.717, 1.165) is 5.69 Å². The average molecular weight is 388 g/mol. The molecule has 0 bridgehead atoms. The van der Waals surface area contributed by atoms with Crippen molar-refractivity contribution in [2.24, 2.45) is 0 Å². The normalized spacial score (nSPS) is 10.3. The van der Waals surface area contributed by atoms with Crippen LogP contribution in [0.3, 0.4) is 0 Å². The number of hydrogen-bond donors (Lipinski definition) is 2. The topological polar surface area (TPSA) is 123 Å². The van der Waals surface area contributed by atoms with Gasteiger partial charge in [-0.25, -0.2) is 4.98 Å². The Morgan fingerprint density at radius 2 is 2.04 bits per heavy atom. The third-order valence-corrected chi connectivity index (χ3v) is 4.80. The second-order valence-corrected chi connectivity index (χ2v) is 7.22. The van der Waals surface area contributed by atoms with Crippen molar-refractivity contribution in [2.45, 2.75) is 16.3 Å². The van der Waals surface area contributed by atoms with Gasteiger partial charge in [0.1, 0.15) is 11.2 Å². The van der Waals surface area contributed by atoms with Crippen LogP contribution in [0, 0.1) is 10.1 Å². The molecule has 9 nitrogen and oxygen atoms in total. The van der Waals surface area contributed by atoms with Gasteiger partial charge in [-0.15, -0.1) is 10.2 Å². The van der Waals surface area contributed by atoms with Gasteiger partial charge < -0.3 is 10.6 Å². The predicted octanol–water partition coefficient (Wildman–Crippen LogP) is 3.69. The highest BCUT2D eigenvalue weighted by Gasteiger charge is 2.10. The Hall–Kier alpha value is -3.05. The van der Waals surface area contributed by atoms with Crippen LogP contribution in [0.4, 0.5) is 22.2 Å². The number of nitrogens with zero attached hydrogens (tertiary/aromatic N) is 4. The third-order valence-electron chi connectivity index (χ3n) is 2.96. The summed E-state index contributed by atoms with van der Waals surface area (Å²) in [7, 11) is 0. The number of aromatic nitrogens is 3. The van der Waals surface area contributed by atoms with Crippen LogP contribution < -0.4 is 10.6 Å². The van der Waals surface area contributed by atoms with E-state index in [2.05, 4.69) is 25.8 Å². The first-order valence-corrected chi connectivity index (χ1v) is 8.89. The highest BCUT2D eigenvalue weighted by Crippen LogP contribution is 2.32. The van der Waals surface area contributed by atoms with Gasteiger partial charge in [-0.1, -0.05) is 17.4 Å². The molecule has 0 aliphatic carbocycles. The molecule has 0 spiro atoms. The van der Waals surface area contributed by atoms with E-state index in [0.29, 0.717) is 20.2 Å². The summed E-state index contributed by atoms with van der Waals surface area (Å²) in [6, 6.07) is 10.2. The molecule has 3 rings (SSSR count). The fraction of sp³-hybridized carbons (Fsp3) is 0.0667. The SMILES string of the molecule is CC(=O)Nc1cccc(Nc2nnc(Sc3ccc([N+](=O)[O-])cn3)s2)c1. The van der Waals surface area contributed by atoms with Gasteiger partial charge in [-0.05, 0) is 36.0 Å². The maximum absolute atomic E-state index is 11.1. The first kappa shape index (κ1) is 17.8. The van der Waals surface area contributed by atoms with Gasteiger partial charge in [0.05, 0.1) is 4.92 Å². The zero-order chi connectivity index (χ0) is 18.5. The molecule has 132 valence electrons. The van der Waals surface area contributed by atoms with E-state index in [9.17, 15) is 14.9 Å². The van der Waals surface area contributed by atoms with Gasteiger partial charge in [-0.2, -0.15) is 0 Å². The summed E-state index contributed by atoms with van der Waals surface area (Å²) in [5.74, 6) is -0.146. The van der Waals surface area contributed by atoms with Crippen molar-refractivity contribution in [3.8, 4) is 0 Å². The molecule has 2 aromatic heterocycles. The lowest BCUT2D eigenvalue weighted by atomic mass is 10.3. The summed E-state index contributed by atoms with van der Waals surface area (Å²) < 4.78 is 0.645. The van der Waals surface area contributed by atoms with Gasteiger partial charge >= 0.3 is 0 Å². The molecule has 0 aliphatic heterocycles. The van der Waals surface area contributed by atoms with Crippen LogP contribution in [-0.4, -0.2) is 26.0 Å². The van der Waals surface area contributed by atoms with Crippen molar-refractivity contribution in [3.05, 3.63) is 52.7 Å². The van der Waals surface area contributed by atoms with Crippen molar-refractivity contribution in [2.75, 3.05) is 10.6 Å². The number of benzene rings is 1. The summed E-state index contributed by atoms with van der Waals surface area (Å²) in [4.78, 5) is 25.3. The minimum Gasteiger partial charge on any atom is -0.330 e. The van der Waals surface area contributed by atoms with Crippen LogP contribution in [0.25, 0.3) is 0 Å². The van der Waals surface area contributed by atoms with E-state index in [1.165, 1.54) is 42.3 Å². The molecule has 2 heterocycles. The van der Waals surface area contributed by atoms with Crippen molar-refractivity contribution >= 4 is 51.2 Å². The molecule has 1 aromatic carbocycles. The summed E-state index contributed by atoms with van der Waals surface area (Å²) in [5.41, 5.74) is 1.38. The molecule has 26 heavy (non-hydrogen) atoms. The molecular weight excluding hydrogens is 376 g/mol. The van der Waals surface area contributed by atoms with Crippen LogP contribution in [0.1, 0.15) is 6.92 Å². The van der Waals surface area contributed by atoms with E-state index in [1.807, 2.05) is 12.1 Å². The number of hydrogen-bond acceptors (Lipinski definition) is 9. The number of anilines is 3.